The summed E-state index contributed by atoms with van der Waals surface area (Å²) < 4.78 is 3.75. The molecule has 0 amide bonds. The van der Waals surface area contributed by atoms with Crippen LogP contribution in [0.3, 0.4) is 0 Å². The quantitative estimate of drug-likeness (QED) is 0.186. The van der Waals surface area contributed by atoms with Crippen LogP contribution in [0.1, 0.15) is 22.7 Å². The van der Waals surface area contributed by atoms with E-state index in [0.29, 0.717) is 0 Å². The summed E-state index contributed by atoms with van der Waals surface area (Å²) in [6.07, 6.45) is 2.26. The van der Waals surface area contributed by atoms with Crippen LogP contribution in [0, 0.1) is 0 Å². The lowest BCUT2D eigenvalue weighted by Gasteiger charge is -2.25. The lowest BCUT2D eigenvalue weighted by atomic mass is 9.98. The number of nitrogens with zero attached hydrogens (tertiary/aromatic N) is 2. The molecule has 0 aliphatic carbocycles. The Labute approximate surface area is 306 Å². The molecule has 1 atom stereocenters. The maximum absolute atomic E-state index is 5.17. The zero-order valence-corrected chi connectivity index (χ0v) is 29.1. The molecule has 9 aromatic rings. The zero-order valence-electron chi connectivity index (χ0n) is 28.3. The molecule has 0 radical (unpaired) electrons. The van der Waals surface area contributed by atoms with Crippen molar-refractivity contribution in [2.75, 3.05) is 0 Å². The van der Waals surface area contributed by atoms with E-state index in [4.69, 9.17) is 4.99 Å². The van der Waals surface area contributed by atoms with Gasteiger partial charge >= 0.3 is 0 Å². The Morgan fingerprint density at radius 2 is 1.17 bits per heavy atom. The van der Waals surface area contributed by atoms with Gasteiger partial charge in [-0.05, 0) is 69.6 Å². The Hall–Kier alpha value is -6.49. The van der Waals surface area contributed by atoms with Gasteiger partial charge in [0.1, 0.15) is 5.84 Å². The summed E-state index contributed by atoms with van der Waals surface area (Å²) in [6.45, 7) is 0. The number of thiophene rings is 1. The predicted molar refractivity (Wildman–Crippen MR) is 220 cm³/mol. The number of hydrogen-bond donors (Lipinski definition) is 1. The molecule has 7 aromatic carbocycles. The van der Waals surface area contributed by atoms with E-state index in [9.17, 15) is 0 Å². The van der Waals surface area contributed by atoms with E-state index in [1.54, 1.807) is 0 Å². The average molecular weight is 684 g/mol. The van der Waals surface area contributed by atoms with Crippen molar-refractivity contribution < 1.29 is 0 Å². The van der Waals surface area contributed by atoms with Gasteiger partial charge in [0.05, 0.1) is 22.8 Å². The number of nitrogens with one attached hydrogen (secondary N) is 1. The third-order valence-electron chi connectivity index (χ3n) is 10.0. The highest BCUT2D eigenvalue weighted by molar-refractivity contribution is 7.23. The SMILES string of the molecule is C1=C(c2ccc(-c3ccccc3)cc2)N=C(c2ccccc2)NC1c1cccc(-n2c3ccccc3c3c4sc(-c5ccccc5)cc4ccc32)c1. The molecule has 0 fully saturated rings. The van der Waals surface area contributed by atoms with Crippen LogP contribution in [0.15, 0.2) is 193 Å². The second kappa shape index (κ2) is 12.7. The van der Waals surface area contributed by atoms with Crippen LogP contribution >= 0.6 is 11.3 Å². The monoisotopic (exact) mass is 683 g/mol. The van der Waals surface area contributed by atoms with Gasteiger partial charge in [-0.25, -0.2) is 4.99 Å². The van der Waals surface area contributed by atoms with E-state index in [1.807, 2.05) is 17.4 Å². The van der Waals surface area contributed by atoms with Crippen molar-refractivity contribution in [3.8, 4) is 27.3 Å². The largest absolute Gasteiger partial charge is 0.359 e. The minimum absolute atomic E-state index is 0.0815. The molecule has 3 heterocycles. The highest BCUT2D eigenvalue weighted by Crippen LogP contribution is 2.43. The highest BCUT2D eigenvalue weighted by Gasteiger charge is 2.22. The fourth-order valence-electron chi connectivity index (χ4n) is 7.51. The summed E-state index contributed by atoms with van der Waals surface area (Å²) >= 11 is 1.88. The number of rotatable bonds is 6. The van der Waals surface area contributed by atoms with Crippen LogP contribution in [-0.4, -0.2) is 10.4 Å². The number of aromatic nitrogens is 1. The molecule has 0 saturated heterocycles. The van der Waals surface area contributed by atoms with Crippen molar-refractivity contribution in [3.63, 3.8) is 0 Å². The van der Waals surface area contributed by atoms with Gasteiger partial charge in [-0.1, -0.05) is 152 Å². The van der Waals surface area contributed by atoms with E-state index in [0.717, 1.165) is 28.3 Å². The normalized spacial score (nSPS) is 14.3. The number of amidine groups is 1. The molecule has 52 heavy (non-hydrogen) atoms. The van der Waals surface area contributed by atoms with Crippen LogP contribution in [0.25, 0.3) is 64.8 Å². The molecule has 0 spiro atoms. The second-order valence-electron chi connectivity index (χ2n) is 13.2. The molecule has 1 aliphatic rings. The van der Waals surface area contributed by atoms with E-state index in [1.165, 1.54) is 59.0 Å². The Morgan fingerprint density at radius 3 is 1.94 bits per heavy atom. The van der Waals surface area contributed by atoms with Gasteiger partial charge in [0.15, 0.2) is 0 Å². The maximum atomic E-state index is 5.17. The fourth-order valence-corrected chi connectivity index (χ4v) is 8.74. The summed E-state index contributed by atoms with van der Waals surface area (Å²) in [5.74, 6) is 0.867. The lowest BCUT2D eigenvalue weighted by molar-refractivity contribution is 0.780. The van der Waals surface area contributed by atoms with Gasteiger partial charge in [0, 0.05) is 31.6 Å². The number of fused-ring (bicyclic) bond motifs is 5. The molecule has 4 heteroatoms. The molecule has 10 rings (SSSR count). The van der Waals surface area contributed by atoms with Gasteiger partial charge in [0.2, 0.25) is 0 Å². The van der Waals surface area contributed by atoms with Gasteiger partial charge in [-0.15, -0.1) is 11.3 Å². The lowest BCUT2D eigenvalue weighted by Crippen LogP contribution is -2.31. The molecule has 0 saturated carbocycles. The van der Waals surface area contributed by atoms with Gasteiger partial charge in [-0.3, -0.25) is 0 Å². The topological polar surface area (TPSA) is 29.3 Å². The zero-order chi connectivity index (χ0) is 34.4. The first kappa shape index (κ1) is 30.3. The first-order valence-electron chi connectivity index (χ1n) is 17.7. The van der Waals surface area contributed by atoms with Crippen LogP contribution in [0.5, 0.6) is 0 Å². The number of benzene rings is 7. The number of hydrogen-bond acceptors (Lipinski definition) is 3. The van der Waals surface area contributed by atoms with Crippen LogP contribution < -0.4 is 5.32 Å². The summed E-state index contributed by atoms with van der Waals surface area (Å²) in [7, 11) is 0. The van der Waals surface area contributed by atoms with Crippen molar-refractivity contribution in [1.82, 2.24) is 9.88 Å². The second-order valence-corrected chi connectivity index (χ2v) is 14.3. The first-order valence-corrected chi connectivity index (χ1v) is 18.5. The van der Waals surface area contributed by atoms with E-state index in [-0.39, 0.29) is 6.04 Å². The number of aliphatic imine (C=N–C) groups is 1. The molecule has 246 valence electrons. The molecular weight excluding hydrogens is 651 g/mol. The minimum atomic E-state index is -0.0815. The smallest absolute Gasteiger partial charge is 0.134 e. The molecule has 1 unspecified atom stereocenters. The van der Waals surface area contributed by atoms with Crippen LogP contribution in [0.2, 0.25) is 0 Å². The molecule has 1 aliphatic heterocycles. The molecule has 3 nitrogen and oxygen atoms in total. The standard InChI is InChI=1S/C48H33N3S/c1-4-13-32(14-5-1)33-23-25-34(26-24-33)41-31-42(50-48(49-41)36-17-8-3-9-18-36)37-19-12-20-39(29-37)51-43-22-11-10-21-40(43)46-44(51)28-27-38-30-45(52-47(38)46)35-15-6-2-7-16-35/h1-31,42H,(H,49,50). The van der Waals surface area contributed by atoms with Crippen molar-refractivity contribution >= 4 is 54.8 Å². The Bertz CT molecular complexity index is 2790. The Kier molecular flexibility index (Phi) is 7.40. The molecule has 2 aromatic heterocycles. The van der Waals surface area contributed by atoms with Gasteiger partial charge in [-0.2, -0.15) is 0 Å². The van der Waals surface area contributed by atoms with Crippen molar-refractivity contribution in [3.05, 3.63) is 205 Å². The third-order valence-corrected chi connectivity index (χ3v) is 11.3. The van der Waals surface area contributed by atoms with E-state index in [2.05, 4.69) is 192 Å². The predicted octanol–water partition coefficient (Wildman–Crippen LogP) is 12.5. The van der Waals surface area contributed by atoms with Crippen molar-refractivity contribution in [2.24, 2.45) is 4.99 Å². The summed E-state index contributed by atoms with van der Waals surface area (Å²) in [6, 6.07) is 65.0. The first-order chi connectivity index (χ1) is 25.8. The van der Waals surface area contributed by atoms with E-state index >= 15 is 0 Å². The average Bonchev–Trinajstić information content (AvgIpc) is 3.82. The number of para-hydroxylation sites is 1. The Balaban J connectivity index is 1.09. The minimum Gasteiger partial charge on any atom is -0.359 e. The molecule has 0 bridgehead atoms. The van der Waals surface area contributed by atoms with Gasteiger partial charge in [0.25, 0.3) is 0 Å². The third kappa shape index (κ3) is 5.33. The van der Waals surface area contributed by atoms with E-state index < -0.39 is 0 Å². The van der Waals surface area contributed by atoms with Crippen LogP contribution in [0.4, 0.5) is 0 Å². The fraction of sp³-hybridized carbons (Fsp3) is 0.0208. The Morgan fingerprint density at radius 1 is 0.519 bits per heavy atom. The summed E-state index contributed by atoms with van der Waals surface area (Å²) in [5.41, 5.74) is 11.5. The summed E-state index contributed by atoms with van der Waals surface area (Å²) in [4.78, 5) is 6.46. The van der Waals surface area contributed by atoms with Crippen molar-refractivity contribution in [2.45, 2.75) is 6.04 Å². The van der Waals surface area contributed by atoms with Gasteiger partial charge < -0.3 is 9.88 Å². The molecule has 1 N–H and O–H groups in total. The van der Waals surface area contributed by atoms with Crippen LogP contribution in [-0.2, 0) is 0 Å². The molecular formula is C48H33N3S. The summed E-state index contributed by atoms with van der Waals surface area (Å²) in [5, 5.41) is 7.63. The van der Waals surface area contributed by atoms with Crippen molar-refractivity contribution in [1.29, 1.82) is 0 Å². The maximum Gasteiger partial charge on any atom is 0.134 e. The highest BCUT2D eigenvalue weighted by atomic mass is 32.1.